The van der Waals surface area contributed by atoms with Crippen LogP contribution in [0.25, 0.3) is 0 Å². The van der Waals surface area contributed by atoms with Crippen molar-refractivity contribution in [2.24, 2.45) is 0 Å². The van der Waals surface area contributed by atoms with Gasteiger partial charge in [-0.15, -0.1) is 0 Å². The third-order valence-electron chi connectivity index (χ3n) is 3.35. The molecule has 0 fully saturated rings. The van der Waals surface area contributed by atoms with E-state index in [1.807, 2.05) is 25.9 Å². The highest BCUT2D eigenvalue weighted by Gasteiger charge is 2.23. The zero-order valence-corrected chi connectivity index (χ0v) is 13.7. The smallest absolute Gasteiger partial charge is 0.243 e. The van der Waals surface area contributed by atoms with Crippen molar-refractivity contribution in [3.8, 4) is 0 Å². The summed E-state index contributed by atoms with van der Waals surface area (Å²) in [4.78, 5) is 2.21. The average Bonchev–Trinajstić information content (AvgIpc) is 2.35. The van der Waals surface area contributed by atoms with E-state index in [2.05, 4.69) is 0 Å². The maximum Gasteiger partial charge on any atom is 0.243 e. The molecule has 0 saturated heterocycles. The number of hydrogen-bond donors (Lipinski definition) is 1. The lowest BCUT2D eigenvalue weighted by Crippen LogP contribution is -2.34. The highest BCUT2D eigenvalue weighted by atomic mass is 32.2. The van der Waals surface area contributed by atoms with Gasteiger partial charge in [-0.3, -0.25) is 0 Å². The largest absolute Gasteiger partial charge is 0.392 e. The summed E-state index contributed by atoms with van der Waals surface area (Å²) < 4.78 is 26.5. The molecule has 5 nitrogen and oxygen atoms in total. The van der Waals surface area contributed by atoms with Crippen LogP contribution in [-0.2, 0) is 16.6 Å². The fourth-order valence-electron chi connectivity index (χ4n) is 1.95. The predicted octanol–water partition coefficient (Wildman–Crippen LogP) is 0.978. The van der Waals surface area contributed by atoms with Crippen molar-refractivity contribution in [3.05, 3.63) is 28.8 Å². The van der Waals surface area contributed by atoms with Gasteiger partial charge in [-0.1, -0.05) is 6.07 Å². The summed E-state index contributed by atoms with van der Waals surface area (Å²) in [5, 5.41) is 9.30. The fraction of sp³-hybridized carbons (Fsp3) is 0.571. The molecular formula is C14H24N2O3S. The van der Waals surface area contributed by atoms with E-state index < -0.39 is 10.0 Å². The first-order valence-corrected chi connectivity index (χ1v) is 7.96. The number of aryl methyl sites for hydroxylation is 2. The van der Waals surface area contributed by atoms with Crippen LogP contribution in [0.15, 0.2) is 17.0 Å². The maximum absolute atomic E-state index is 12.6. The second-order valence-corrected chi connectivity index (χ2v) is 7.35. The number of benzene rings is 1. The Morgan fingerprint density at radius 1 is 1.05 bits per heavy atom. The van der Waals surface area contributed by atoms with Gasteiger partial charge >= 0.3 is 0 Å². The summed E-state index contributed by atoms with van der Waals surface area (Å²) in [6, 6.07) is 3.38. The summed E-state index contributed by atoms with van der Waals surface area (Å²) in [5.74, 6) is 0. The van der Waals surface area contributed by atoms with Gasteiger partial charge in [0.25, 0.3) is 0 Å². The molecular weight excluding hydrogens is 276 g/mol. The van der Waals surface area contributed by atoms with E-state index in [-0.39, 0.29) is 11.5 Å². The minimum absolute atomic E-state index is 0.157. The van der Waals surface area contributed by atoms with Crippen LogP contribution in [0.3, 0.4) is 0 Å². The third kappa shape index (κ3) is 3.79. The van der Waals surface area contributed by atoms with Crippen molar-refractivity contribution in [2.45, 2.75) is 25.3 Å². The zero-order chi connectivity index (χ0) is 15.5. The molecule has 0 unspecified atom stereocenters. The Morgan fingerprint density at radius 3 is 2.15 bits per heavy atom. The number of aliphatic hydroxyl groups is 1. The van der Waals surface area contributed by atoms with Crippen LogP contribution in [-0.4, -0.2) is 57.0 Å². The van der Waals surface area contributed by atoms with Crippen molar-refractivity contribution in [2.75, 3.05) is 34.2 Å². The lowest BCUT2D eigenvalue weighted by molar-refractivity contribution is 0.280. The lowest BCUT2D eigenvalue weighted by Gasteiger charge is -2.21. The maximum atomic E-state index is 12.6. The summed E-state index contributed by atoms with van der Waals surface area (Å²) in [6.45, 7) is 4.58. The molecule has 1 rings (SSSR count). The minimum Gasteiger partial charge on any atom is -0.392 e. The second kappa shape index (κ2) is 6.67. The fourth-order valence-corrected chi connectivity index (χ4v) is 3.37. The average molecular weight is 300 g/mol. The Labute approximate surface area is 121 Å². The number of hydrogen-bond acceptors (Lipinski definition) is 4. The van der Waals surface area contributed by atoms with E-state index in [1.165, 1.54) is 4.31 Å². The normalized spacial score (nSPS) is 12.4. The number of rotatable bonds is 6. The number of sulfonamides is 1. The van der Waals surface area contributed by atoms with Gasteiger partial charge in [0, 0.05) is 20.1 Å². The van der Waals surface area contributed by atoms with Crippen molar-refractivity contribution in [3.63, 3.8) is 0 Å². The topological polar surface area (TPSA) is 60.9 Å². The van der Waals surface area contributed by atoms with Crippen LogP contribution in [0.2, 0.25) is 0 Å². The Bertz CT molecular complexity index is 568. The predicted molar refractivity (Wildman–Crippen MR) is 80.2 cm³/mol. The first-order valence-electron chi connectivity index (χ1n) is 6.52. The zero-order valence-electron chi connectivity index (χ0n) is 12.8. The van der Waals surface area contributed by atoms with Gasteiger partial charge in [0.2, 0.25) is 10.0 Å². The molecule has 1 aromatic carbocycles. The number of aliphatic hydroxyl groups excluding tert-OH is 1. The molecule has 0 bridgehead atoms. The molecule has 0 saturated carbocycles. The molecule has 114 valence electrons. The molecule has 0 amide bonds. The summed E-state index contributed by atoms with van der Waals surface area (Å²) in [6.07, 6.45) is 0. The van der Waals surface area contributed by atoms with E-state index >= 15 is 0 Å². The van der Waals surface area contributed by atoms with Crippen LogP contribution >= 0.6 is 0 Å². The van der Waals surface area contributed by atoms with Crippen molar-refractivity contribution < 1.29 is 13.5 Å². The SMILES string of the molecule is Cc1cc(C)c(S(=O)(=O)N(C)CCN(C)C)cc1CO. The molecule has 0 heterocycles. The highest BCUT2D eigenvalue weighted by Crippen LogP contribution is 2.23. The van der Waals surface area contributed by atoms with Gasteiger partial charge in [-0.2, -0.15) is 4.31 Å². The molecule has 0 aliphatic carbocycles. The monoisotopic (exact) mass is 300 g/mol. The molecule has 20 heavy (non-hydrogen) atoms. The Kier molecular flexibility index (Phi) is 5.70. The van der Waals surface area contributed by atoms with Gasteiger partial charge in [0.15, 0.2) is 0 Å². The van der Waals surface area contributed by atoms with E-state index in [0.29, 0.717) is 24.2 Å². The molecule has 0 aliphatic rings. The molecule has 0 aromatic heterocycles. The summed E-state index contributed by atoms with van der Waals surface area (Å²) in [5.41, 5.74) is 2.26. The third-order valence-corrected chi connectivity index (χ3v) is 5.35. The molecule has 0 spiro atoms. The van der Waals surface area contributed by atoms with Gasteiger partial charge in [0.1, 0.15) is 0 Å². The van der Waals surface area contributed by atoms with Crippen molar-refractivity contribution >= 4 is 10.0 Å². The minimum atomic E-state index is -3.52. The van der Waals surface area contributed by atoms with Crippen LogP contribution in [0, 0.1) is 13.8 Å². The molecule has 0 atom stereocenters. The van der Waals surface area contributed by atoms with E-state index in [9.17, 15) is 13.5 Å². The first-order chi connectivity index (χ1) is 9.20. The van der Waals surface area contributed by atoms with Crippen LogP contribution < -0.4 is 0 Å². The standard InChI is InChI=1S/C14H24N2O3S/c1-11-8-12(2)14(9-13(11)10-17)20(18,19)16(5)7-6-15(3)4/h8-9,17H,6-7,10H2,1-5H3. The van der Waals surface area contributed by atoms with Crippen LogP contribution in [0.4, 0.5) is 0 Å². The van der Waals surface area contributed by atoms with E-state index in [0.717, 1.165) is 5.56 Å². The summed E-state index contributed by atoms with van der Waals surface area (Å²) in [7, 11) is 1.87. The quantitative estimate of drug-likeness (QED) is 0.851. The highest BCUT2D eigenvalue weighted by molar-refractivity contribution is 7.89. The molecule has 6 heteroatoms. The Hall–Kier alpha value is -0.950. The molecule has 1 N–H and O–H groups in total. The molecule has 0 aliphatic heterocycles. The van der Waals surface area contributed by atoms with E-state index in [1.54, 1.807) is 26.1 Å². The summed E-state index contributed by atoms with van der Waals surface area (Å²) >= 11 is 0. The first kappa shape index (κ1) is 17.1. The second-order valence-electron chi connectivity index (χ2n) is 5.33. The van der Waals surface area contributed by atoms with Crippen LogP contribution in [0.1, 0.15) is 16.7 Å². The van der Waals surface area contributed by atoms with Crippen molar-refractivity contribution in [1.82, 2.24) is 9.21 Å². The molecule has 1 aromatic rings. The lowest BCUT2D eigenvalue weighted by atomic mass is 10.1. The van der Waals surface area contributed by atoms with Crippen molar-refractivity contribution in [1.29, 1.82) is 0 Å². The Balaban J connectivity index is 3.15. The van der Waals surface area contributed by atoms with Gasteiger partial charge in [-0.05, 0) is 50.7 Å². The Morgan fingerprint density at radius 2 is 1.65 bits per heavy atom. The number of nitrogens with zero attached hydrogens (tertiary/aromatic N) is 2. The van der Waals surface area contributed by atoms with Gasteiger partial charge < -0.3 is 10.0 Å². The van der Waals surface area contributed by atoms with E-state index in [4.69, 9.17) is 0 Å². The van der Waals surface area contributed by atoms with Crippen LogP contribution in [0.5, 0.6) is 0 Å². The van der Waals surface area contributed by atoms with Gasteiger partial charge in [-0.25, -0.2) is 8.42 Å². The molecule has 0 radical (unpaired) electrons. The number of likely N-dealkylation sites (N-methyl/N-ethyl adjacent to an activating group) is 2. The van der Waals surface area contributed by atoms with Gasteiger partial charge in [0.05, 0.1) is 11.5 Å².